The molecule has 1 atom stereocenters. The lowest BCUT2D eigenvalue weighted by atomic mass is 9.83. The summed E-state index contributed by atoms with van der Waals surface area (Å²) in [6, 6.07) is 3.09. The lowest BCUT2D eigenvalue weighted by Crippen LogP contribution is -2.28. The van der Waals surface area contributed by atoms with Crippen LogP contribution in [0.25, 0.3) is 0 Å². The summed E-state index contributed by atoms with van der Waals surface area (Å²) < 4.78 is 18.7. The summed E-state index contributed by atoms with van der Waals surface area (Å²) in [6.45, 7) is 0. The zero-order chi connectivity index (χ0) is 12.6. The molecule has 17 heavy (non-hydrogen) atoms. The maximum atomic E-state index is 13.8. The number of carbonyl (C=O) groups excluding carboxylic acids is 2. The first-order valence-corrected chi connectivity index (χ1v) is 5.91. The minimum Gasteiger partial charge on any atom is -0.469 e. The van der Waals surface area contributed by atoms with Crippen LogP contribution in [0.4, 0.5) is 4.39 Å². The van der Waals surface area contributed by atoms with Gasteiger partial charge >= 0.3 is 5.97 Å². The lowest BCUT2D eigenvalue weighted by Gasteiger charge is -2.22. The highest BCUT2D eigenvalue weighted by Gasteiger charge is 2.32. The fourth-order valence-electron chi connectivity index (χ4n) is 2.04. The Morgan fingerprint density at radius 1 is 1.47 bits per heavy atom. The van der Waals surface area contributed by atoms with Crippen molar-refractivity contribution < 1.29 is 18.7 Å². The monoisotopic (exact) mass is 300 g/mol. The topological polar surface area (TPSA) is 43.4 Å². The van der Waals surface area contributed by atoms with Crippen LogP contribution >= 0.6 is 15.9 Å². The van der Waals surface area contributed by atoms with Crippen molar-refractivity contribution in [2.24, 2.45) is 5.92 Å². The SMILES string of the molecule is COC(=O)C1CC(=O)c2ccc(Br)c(F)c2C1. The van der Waals surface area contributed by atoms with E-state index in [-0.39, 0.29) is 18.6 Å². The number of carbonyl (C=O) groups is 2. The molecule has 1 aliphatic rings. The minimum atomic E-state index is -0.580. The largest absolute Gasteiger partial charge is 0.469 e. The highest BCUT2D eigenvalue weighted by molar-refractivity contribution is 9.10. The van der Waals surface area contributed by atoms with Crippen molar-refractivity contribution in [2.45, 2.75) is 12.8 Å². The highest BCUT2D eigenvalue weighted by atomic mass is 79.9. The number of hydrogen-bond donors (Lipinski definition) is 0. The Balaban J connectivity index is 2.44. The summed E-state index contributed by atoms with van der Waals surface area (Å²) in [6.07, 6.45) is 0.291. The Labute approximate surface area is 106 Å². The molecule has 3 nitrogen and oxygen atoms in total. The van der Waals surface area contributed by atoms with Crippen LogP contribution in [0, 0.1) is 11.7 Å². The summed E-state index contributed by atoms with van der Waals surface area (Å²) in [7, 11) is 1.26. The van der Waals surface area contributed by atoms with E-state index in [9.17, 15) is 14.0 Å². The van der Waals surface area contributed by atoms with Gasteiger partial charge in [0.25, 0.3) is 0 Å². The zero-order valence-electron chi connectivity index (χ0n) is 9.13. The molecule has 0 saturated carbocycles. The van der Waals surface area contributed by atoms with E-state index in [2.05, 4.69) is 20.7 Å². The first kappa shape index (κ1) is 12.2. The van der Waals surface area contributed by atoms with Crippen molar-refractivity contribution in [3.8, 4) is 0 Å². The minimum absolute atomic E-state index is 0.0841. The van der Waals surface area contributed by atoms with Gasteiger partial charge in [0.2, 0.25) is 0 Å². The van der Waals surface area contributed by atoms with Crippen LogP contribution < -0.4 is 0 Å². The number of Topliss-reactive ketones (excluding diaryl/α,β-unsaturated/α-hetero) is 1. The number of fused-ring (bicyclic) bond motifs is 1. The second-order valence-corrected chi connectivity index (χ2v) is 4.79. The summed E-state index contributed by atoms with van der Waals surface area (Å²) in [5.41, 5.74) is 0.664. The van der Waals surface area contributed by atoms with Crippen molar-refractivity contribution >= 4 is 27.7 Å². The van der Waals surface area contributed by atoms with Gasteiger partial charge in [0.15, 0.2) is 5.78 Å². The molecule has 0 saturated heterocycles. The Kier molecular flexibility index (Phi) is 3.28. The van der Waals surface area contributed by atoms with Gasteiger partial charge in [0, 0.05) is 17.5 Å². The van der Waals surface area contributed by atoms with E-state index in [1.54, 1.807) is 6.07 Å². The van der Waals surface area contributed by atoms with Gasteiger partial charge in [0.05, 0.1) is 17.5 Å². The Morgan fingerprint density at radius 3 is 2.82 bits per heavy atom. The predicted molar refractivity (Wildman–Crippen MR) is 62.3 cm³/mol. The highest BCUT2D eigenvalue weighted by Crippen LogP contribution is 2.31. The van der Waals surface area contributed by atoms with E-state index >= 15 is 0 Å². The molecule has 1 aromatic rings. The number of ketones is 1. The van der Waals surface area contributed by atoms with E-state index in [0.717, 1.165) is 0 Å². The summed E-state index contributed by atoms with van der Waals surface area (Å²) in [5.74, 6) is -1.73. The number of methoxy groups -OCH3 is 1. The van der Waals surface area contributed by atoms with E-state index in [1.165, 1.54) is 13.2 Å². The zero-order valence-corrected chi connectivity index (χ0v) is 10.7. The van der Waals surface area contributed by atoms with Crippen LogP contribution in [-0.4, -0.2) is 18.9 Å². The number of halogens is 2. The van der Waals surface area contributed by atoms with Crippen LogP contribution in [0.1, 0.15) is 22.3 Å². The Bertz CT molecular complexity index is 499. The van der Waals surface area contributed by atoms with Crippen LogP contribution in [0.2, 0.25) is 0 Å². The van der Waals surface area contributed by atoms with Crippen LogP contribution in [0.3, 0.4) is 0 Å². The standard InChI is InChI=1S/C12H10BrFO3/c1-17-12(16)6-4-8-7(10(15)5-6)2-3-9(13)11(8)14/h2-3,6H,4-5H2,1H3. The van der Waals surface area contributed by atoms with Crippen LogP contribution in [0.5, 0.6) is 0 Å². The molecule has 0 spiro atoms. The van der Waals surface area contributed by atoms with Crippen molar-refractivity contribution in [3.63, 3.8) is 0 Å². The molecule has 1 aliphatic carbocycles. The number of rotatable bonds is 1. The van der Waals surface area contributed by atoms with Crippen molar-refractivity contribution in [2.75, 3.05) is 7.11 Å². The molecule has 90 valence electrons. The fourth-order valence-corrected chi connectivity index (χ4v) is 2.41. The van der Waals surface area contributed by atoms with Gasteiger partial charge in [-0.05, 0) is 34.5 Å². The molecular weight excluding hydrogens is 291 g/mol. The van der Waals surface area contributed by atoms with Gasteiger partial charge in [0.1, 0.15) is 5.82 Å². The van der Waals surface area contributed by atoms with Gasteiger partial charge in [-0.25, -0.2) is 4.39 Å². The summed E-state index contributed by atoms with van der Waals surface area (Å²) in [4.78, 5) is 23.2. The van der Waals surface area contributed by atoms with Crippen molar-refractivity contribution in [1.29, 1.82) is 0 Å². The van der Waals surface area contributed by atoms with Gasteiger partial charge in [-0.3, -0.25) is 9.59 Å². The second kappa shape index (κ2) is 4.56. The molecule has 0 amide bonds. The smallest absolute Gasteiger partial charge is 0.309 e. The van der Waals surface area contributed by atoms with Crippen LogP contribution in [-0.2, 0) is 16.0 Å². The normalized spacial score (nSPS) is 18.8. The Hall–Kier alpha value is -1.23. The molecule has 0 aromatic heterocycles. The molecule has 0 bridgehead atoms. The molecule has 2 rings (SSSR count). The van der Waals surface area contributed by atoms with Gasteiger partial charge in [-0.2, -0.15) is 0 Å². The maximum Gasteiger partial charge on any atom is 0.309 e. The molecule has 1 unspecified atom stereocenters. The van der Waals surface area contributed by atoms with Crippen molar-refractivity contribution in [1.82, 2.24) is 0 Å². The molecule has 0 fully saturated rings. The lowest BCUT2D eigenvalue weighted by molar-refractivity contribution is -0.145. The predicted octanol–water partition coefficient (Wildman–Crippen LogP) is 2.51. The summed E-state index contributed by atoms with van der Waals surface area (Å²) >= 11 is 3.07. The van der Waals surface area contributed by atoms with E-state index < -0.39 is 17.7 Å². The first-order valence-electron chi connectivity index (χ1n) is 5.12. The fraction of sp³-hybridized carbons (Fsp3) is 0.333. The molecule has 0 aliphatic heterocycles. The third-order valence-corrected chi connectivity index (χ3v) is 3.53. The van der Waals surface area contributed by atoms with E-state index in [1.807, 2.05) is 0 Å². The molecule has 5 heteroatoms. The van der Waals surface area contributed by atoms with Crippen LogP contribution in [0.15, 0.2) is 16.6 Å². The number of hydrogen-bond acceptors (Lipinski definition) is 3. The maximum absolute atomic E-state index is 13.8. The number of esters is 1. The van der Waals surface area contributed by atoms with Gasteiger partial charge in [-0.1, -0.05) is 0 Å². The molecule has 1 aromatic carbocycles. The third-order valence-electron chi connectivity index (χ3n) is 2.91. The molecule has 0 radical (unpaired) electrons. The quantitative estimate of drug-likeness (QED) is 0.749. The van der Waals surface area contributed by atoms with Gasteiger partial charge < -0.3 is 4.74 Å². The average Bonchev–Trinajstić information content (AvgIpc) is 2.33. The number of benzene rings is 1. The van der Waals surface area contributed by atoms with Crippen molar-refractivity contribution in [3.05, 3.63) is 33.5 Å². The third kappa shape index (κ3) is 2.11. The molecular formula is C12H10BrFO3. The summed E-state index contributed by atoms with van der Waals surface area (Å²) in [5, 5.41) is 0. The van der Waals surface area contributed by atoms with E-state index in [0.29, 0.717) is 15.6 Å². The molecule has 0 heterocycles. The molecule has 0 N–H and O–H groups in total. The Morgan fingerprint density at radius 2 is 2.18 bits per heavy atom. The van der Waals surface area contributed by atoms with Gasteiger partial charge in [-0.15, -0.1) is 0 Å². The first-order chi connectivity index (χ1) is 8.04. The number of ether oxygens (including phenoxy) is 1. The second-order valence-electron chi connectivity index (χ2n) is 3.94. The van der Waals surface area contributed by atoms with E-state index in [4.69, 9.17) is 0 Å². The average molecular weight is 301 g/mol.